The summed E-state index contributed by atoms with van der Waals surface area (Å²) >= 11 is 0. The number of nitrogens with one attached hydrogen (secondary N) is 2. The van der Waals surface area contributed by atoms with Gasteiger partial charge in [-0.2, -0.15) is 0 Å². The molecule has 3 aromatic rings. The van der Waals surface area contributed by atoms with Gasteiger partial charge in [0.2, 0.25) is 6.41 Å². The summed E-state index contributed by atoms with van der Waals surface area (Å²) in [4.78, 5) is 44.9. The summed E-state index contributed by atoms with van der Waals surface area (Å²) in [5, 5.41) is 16.4. The molecule has 9 heteroatoms. The Morgan fingerprint density at radius 3 is 2.62 bits per heavy atom. The lowest BCUT2D eigenvalue weighted by Gasteiger charge is -2.39. The van der Waals surface area contributed by atoms with Crippen LogP contribution in [0.25, 0.3) is 10.9 Å². The number of carbonyl (C=O) groups is 3. The van der Waals surface area contributed by atoms with E-state index in [0.29, 0.717) is 6.41 Å². The first kappa shape index (κ1) is 22.8. The highest BCUT2D eigenvalue weighted by Crippen LogP contribution is 2.21. The first-order chi connectivity index (χ1) is 16.6. The van der Waals surface area contributed by atoms with Crippen molar-refractivity contribution < 1.29 is 19.5 Å². The summed E-state index contributed by atoms with van der Waals surface area (Å²) in [6, 6.07) is 14.6. The maximum Gasteiger partial charge on any atom is 0.328 e. The van der Waals surface area contributed by atoms with Crippen molar-refractivity contribution in [3.63, 3.8) is 0 Å². The molecule has 2 heterocycles. The molecule has 4 rings (SSSR count). The van der Waals surface area contributed by atoms with Crippen LogP contribution in [0, 0.1) is 0 Å². The fraction of sp³-hybridized carbons (Fsp3) is 0.200. The van der Waals surface area contributed by atoms with Gasteiger partial charge >= 0.3 is 5.97 Å². The maximum absolute atomic E-state index is 13.8. The summed E-state index contributed by atoms with van der Waals surface area (Å²) in [7, 11) is 0. The van der Waals surface area contributed by atoms with Crippen LogP contribution in [0.4, 0.5) is 0 Å². The first-order valence-corrected chi connectivity index (χ1v) is 10.9. The molecule has 3 N–H and O–H groups in total. The molecular formula is C25H25N5O4. The van der Waals surface area contributed by atoms with Gasteiger partial charge in [0.1, 0.15) is 6.04 Å². The normalized spacial score (nSPS) is 14.5. The minimum atomic E-state index is -1.19. The van der Waals surface area contributed by atoms with E-state index in [1.54, 1.807) is 18.6 Å². The van der Waals surface area contributed by atoms with Crippen LogP contribution in [0.15, 0.2) is 78.2 Å². The second kappa shape index (κ2) is 10.5. The Hall–Kier alpha value is -4.40. The third-order valence-electron chi connectivity index (χ3n) is 5.72. The number of carboxylic acid groups (broad SMARTS) is 1. The number of aliphatic imine (C=N–C) groups is 1. The van der Waals surface area contributed by atoms with Crippen LogP contribution in [-0.2, 0) is 27.2 Å². The van der Waals surface area contributed by atoms with Crippen molar-refractivity contribution >= 4 is 35.4 Å². The zero-order valence-corrected chi connectivity index (χ0v) is 18.4. The number of aromatic nitrogens is 1. The Kier molecular flexibility index (Phi) is 7.02. The molecule has 0 saturated heterocycles. The number of carboxylic acids is 1. The lowest BCUT2D eigenvalue weighted by Crippen LogP contribution is -2.60. The van der Waals surface area contributed by atoms with Gasteiger partial charge in [-0.15, -0.1) is 0 Å². The number of amides is 2. The van der Waals surface area contributed by atoms with E-state index in [1.807, 2.05) is 54.6 Å². The number of H-pyrrole nitrogens is 1. The Bertz CT molecular complexity index is 1220. The molecule has 0 radical (unpaired) electrons. The van der Waals surface area contributed by atoms with Crippen molar-refractivity contribution in [1.82, 2.24) is 20.3 Å². The molecule has 2 atom stereocenters. The van der Waals surface area contributed by atoms with E-state index in [2.05, 4.69) is 15.3 Å². The quantitative estimate of drug-likeness (QED) is 0.402. The lowest BCUT2D eigenvalue weighted by atomic mass is 10.0. The van der Waals surface area contributed by atoms with E-state index in [9.17, 15) is 19.5 Å². The van der Waals surface area contributed by atoms with Gasteiger partial charge < -0.3 is 15.4 Å². The molecule has 34 heavy (non-hydrogen) atoms. The molecule has 0 unspecified atom stereocenters. The van der Waals surface area contributed by atoms with Gasteiger partial charge in [-0.1, -0.05) is 48.5 Å². The van der Waals surface area contributed by atoms with E-state index in [0.717, 1.165) is 22.0 Å². The molecule has 0 saturated carbocycles. The number of benzene rings is 2. The molecule has 2 aromatic carbocycles. The zero-order chi connectivity index (χ0) is 23.9. The number of rotatable bonds is 10. The number of aliphatic carboxylic acids is 1. The fourth-order valence-electron chi connectivity index (χ4n) is 4.08. The molecule has 1 aromatic heterocycles. The van der Waals surface area contributed by atoms with Crippen molar-refractivity contribution in [2.45, 2.75) is 24.9 Å². The van der Waals surface area contributed by atoms with Crippen LogP contribution < -0.4 is 5.32 Å². The molecule has 0 aliphatic carbocycles. The topological polar surface area (TPSA) is 118 Å². The van der Waals surface area contributed by atoms with Crippen molar-refractivity contribution in [3.8, 4) is 0 Å². The Morgan fingerprint density at radius 1 is 1.15 bits per heavy atom. The number of hydrogen-bond acceptors (Lipinski definition) is 5. The predicted molar refractivity (Wildman–Crippen MR) is 128 cm³/mol. The average Bonchev–Trinajstić information content (AvgIpc) is 3.27. The third kappa shape index (κ3) is 4.98. The zero-order valence-electron chi connectivity index (χ0n) is 18.4. The maximum atomic E-state index is 13.8. The van der Waals surface area contributed by atoms with Gasteiger partial charge in [0.25, 0.3) is 5.91 Å². The molecule has 9 nitrogen and oxygen atoms in total. The highest BCUT2D eigenvalue weighted by molar-refractivity contribution is 5.90. The fourth-order valence-corrected chi connectivity index (χ4v) is 4.08. The molecule has 0 bridgehead atoms. The van der Waals surface area contributed by atoms with E-state index < -0.39 is 24.0 Å². The van der Waals surface area contributed by atoms with E-state index >= 15 is 0 Å². The van der Waals surface area contributed by atoms with E-state index in [1.165, 1.54) is 16.2 Å². The molecular weight excluding hydrogens is 434 g/mol. The third-order valence-corrected chi connectivity index (χ3v) is 5.72. The van der Waals surface area contributed by atoms with Crippen LogP contribution in [0.2, 0.25) is 0 Å². The number of aromatic amines is 1. The van der Waals surface area contributed by atoms with Crippen molar-refractivity contribution in [2.24, 2.45) is 4.99 Å². The summed E-state index contributed by atoms with van der Waals surface area (Å²) in [6.45, 7) is 0.224. The van der Waals surface area contributed by atoms with Gasteiger partial charge in [-0.3, -0.25) is 19.6 Å². The largest absolute Gasteiger partial charge is 0.480 e. The summed E-state index contributed by atoms with van der Waals surface area (Å²) in [5.74, 6) is -1.68. The Balaban J connectivity index is 1.68. The smallest absolute Gasteiger partial charge is 0.328 e. The number of fused-ring (bicyclic) bond motifs is 1. The number of carbonyl (C=O) groups excluding carboxylic acids is 2. The first-order valence-electron chi connectivity index (χ1n) is 10.9. The van der Waals surface area contributed by atoms with Crippen LogP contribution in [0.5, 0.6) is 0 Å². The van der Waals surface area contributed by atoms with E-state index in [4.69, 9.17) is 0 Å². The number of para-hydroxylation sites is 1. The average molecular weight is 460 g/mol. The molecule has 0 fully saturated rings. The molecule has 1 aliphatic heterocycles. The van der Waals surface area contributed by atoms with Crippen molar-refractivity contribution in [3.05, 3.63) is 84.3 Å². The molecule has 174 valence electrons. The highest BCUT2D eigenvalue weighted by Gasteiger charge is 2.37. The number of hydrazine groups is 1. The molecule has 0 spiro atoms. The van der Waals surface area contributed by atoms with Gasteiger partial charge in [-0.25, -0.2) is 9.80 Å². The summed E-state index contributed by atoms with van der Waals surface area (Å²) in [6.07, 6.45) is 7.20. The Labute approximate surface area is 196 Å². The number of hydrogen-bond donors (Lipinski definition) is 3. The lowest BCUT2D eigenvalue weighted by molar-refractivity contribution is -0.164. The standard InChI is InChI=1S/C25H25N5O4/c31-17-28-22(15-19-16-27-21-9-5-4-8-20(19)21)24(32)30(29-12-10-26-11-13-29)23(25(33)34)14-18-6-2-1-3-7-18/h1-12,16-17,22-23,27H,13-15H2,(H,28,31)(H,33,34)/t22-,23-/m0/s1. The van der Waals surface area contributed by atoms with E-state index in [-0.39, 0.29) is 19.4 Å². The van der Waals surface area contributed by atoms with Gasteiger partial charge in [0.15, 0.2) is 6.04 Å². The van der Waals surface area contributed by atoms with Gasteiger partial charge in [0, 0.05) is 48.6 Å². The minimum absolute atomic E-state index is 0.101. The number of nitrogens with zero attached hydrogens (tertiary/aromatic N) is 3. The molecule has 2 amide bonds. The van der Waals surface area contributed by atoms with Gasteiger partial charge in [0.05, 0.1) is 6.54 Å². The summed E-state index contributed by atoms with van der Waals surface area (Å²) in [5.41, 5.74) is 2.53. The monoisotopic (exact) mass is 459 g/mol. The second-order valence-corrected chi connectivity index (χ2v) is 7.88. The van der Waals surface area contributed by atoms with Gasteiger partial charge in [-0.05, 0) is 17.2 Å². The van der Waals surface area contributed by atoms with Crippen LogP contribution in [0.1, 0.15) is 11.1 Å². The Morgan fingerprint density at radius 2 is 1.91 bits per heavy atom. The summed E-state index contributed by atoms with van der Waals surface area (Å²) < 4.78 is 0. The van der Waals surface area contributed by atoms with Crippen molar-refractivity contribution in [2.75, 3.05) is 6.54 Å². The highest BCUT2D eigenvalue weighted by atomic mass is 16.4. The minimum Gasteiger partial charge on any atom is -0.480 e. The molecule has 1 aliphatic rings. The van der Waals surface area contributed by atoms with Crippen LogP contribution in [0.3, 0.4) is 0 Å². The van der Waals surface area contributed by atoms with Crippen LogP contribution in [-0.4, -0.2) is 63.2 Å². The second-order valence-electron chi connectivity index (χ2n) is 7.88. The van der Waals surface area contributed by atoms with Crippen molar-refractivity contribution in [1.29, 1.82) is 0 Å². The van der Waals surface area contributed by atoms with Crippen LogP contribution >= 0.6 is 0 Å². The SMILES string of the molecule is O=CN[C@@H](Cc1c[nH]c2ccccc12)C(=O)N([C@@H](Cc1ccccc1)C(=O)O)N1C=CN=CC1. The predicted octanol–water partition coefficient (Wildman–Crippen LogP) is 2.12.